The summed E-state index contributed by atoms with van der Waals surface area (Å²) < 4.78 is 14.9. The molecule has 0 aliphatic carbocycles. The first-order valence-electron chi connectivity index (χ1n) is 6.43. The molecule has 1 saturated heterocycles. The molecule has 1 aliphatic heterocycles. The molecule has 0 amide bonds. The summed E-state index contributed by atoms with van der Waals surface area (Å²) in [5, 5.41) is 19.5. The van der Waals surface area contributed by atoms with Gasteiger partial charge in [-0.1, -0.05) is 0 Å². The predicted octanol–water partition coefficient (Wildman–Crippen LogP) is -1.52. The zero-order valence-electron chi connectivity index (χ0n) is 12.6. The fourth-order valence-corrected chi connectivity index (χ4v) is 2.54. The smallest absolute Gasteiger partial charge is 0.324 e. The van der Waals surface area contributed by atoms with E-state index in [1.165, 1.54) is 0 Å². The SMILES string of the molecule is CC(=O)OC1(C(C)=O)O[C@H](CO)[C@H](O)[C@]1(OC(C)=O)C(C)=O. The Bertz CT molecular complexity index is 514. The maximum Gasteiger partial charge on any atom is 0.324 e. The third kappa shape index (κ3) is 2.51. The number of Topliss-reactive ketones (excluding diaryl/α,β-unsaturated/α-hetero) is 2. The van der Waals surface area contributed by atoms with Gasteiger partial charge in [-0.2, -0.15) is 0 Å². The van der Waals surface area contributed by atoms with E-state index >= 15 is 0 Å². The minimum atomic E-state index is -2.66. The van der Waals surface area contributed by atoms with Gasteiger partial charge in [-0.15, -0.1) is 0 Å². The number of hydrogen-bond donors (Lipinski definition) is 2. The molecule has 9 heteroatoms. The van der Waals surface area contributed by atoms with E-state index in [2.05, 4.69) is 0 Å². The summed E-state index contributed by atoms with van der Waals surface area (Å²) in [4.78, 5) is 47.0. The Kier molecular flexibility index (Phi) is 5.06. The third-order valence-electron chi connectivity index (χ3n) is 3.33. The van der Waals surface area contributed by atoms with Gasteiger partial charge in [0.1, 0.15) is 12.2 Å². The summed E-state index contributed by atoms with van der Waals surface area (Å²) in [6.45, 7) is 2.98. The Balaban J connectivity index is 3.65. The van der Waals surface area contributed by atoms with E-state index in [0.29, 0.717) is 0 Å². The van der Waals surface area contributed by atoms with Crippen LogP contribution < -0.4 is 0 Å². The second-order valence-corrected chi connectivity index (χ2v) is 4.94. The molecule has 9 nitrogen and oxygen atoms in total. The highest BCUT2D eigenvalue weighted by Crippen LogP contribution is 2.45. The number of carbonyl (C=O) groups is 4. The van der Waals surface area contributed by atoms with Crippen LogP contribution in [0.1, 0.15) is 27.7 Å². The van der Waals surface area contributed by atoms with Crippen molar-refractivity contribution in [2.75, 3.05) is 6.61 Å². The number of esters is 2. The molecule has 2 N–H and O–H groups in total. The minimum Gasteiger partial charge on any atom is -0.441 e. The molecule has 0 spiro atoms. The lowest BCUT2D eigenvalue weighted by atomic mass is 9.82. The first kappa shape index (κ1) is 18.2. The normalized spacial score (nSPS) is 34.1. The van der Waals surface area contributed by atoms with Gasteiger partial charge in [0.15, 0.2) is 5.78 Å². The standard InChI is InChI=1S/C13H18O9/c1-6(15)12(20-8(3)17)11(19)10(5-14)22-13(12,7(2)16)21-9(4)18/h10-11,14,19H,5H2,1-4H3/t10-,11+,12-,13?/m1/s1. The van der Waals surface area contributed by atoms with Gasteiger partial charge in [-0.25, -0.2) is 0 Å². The zero-order chi connectivity index (χ0) is 17.3. The van der Waals surface area contributed by atoms with Crippen LogP contribution in [0.15, 0.2) is 0 Å². The summed E-state index contributed by atoms with van der Waals surface area (Å²) in [6.07, 6.45) is -3.37. The molecule has 1 rings (SSSR count). The molecule has 0 aromatic rings. The van der Waals surface area contributed by atoms with Crippen LogP contribution in [0.2, 0.25) is 0 Å². The van der Waals surface area contributed by atoms with Crippen molar-refractivity contribution in [2.45, 2.75) is 51.3 Å². The van der Waals surface area contributed by atoms with E-state index in [0.717, 1.165) is 27.7 Å². The maximum absolute atomic E-state index is 12.1. The minimum absolute atomic E-state index is 0.798. The second-order valence-electron chi connectivity index (χ2n) is 4.94. The second kappa shape index (κ2) is 6.11. The molecule has 0 bridgehead atoms. The summed E-state index contributed by atoms with van der Waals surface area (Å²) in [5.74, 6) is -6.62. The van der Waals surface area contributed by atoms with Crippen molar-refractivity contribution in [2.24, 2.45) is 0 Å². The van der Waals surface area contributed by atoms with E-state index in [-0.39, 0.29) is 0 Å². The van der Waals surface area contributed by atoms with E-state index in [9.17, 15) is 29.4 Å². The van der Waals surface area contributed by atoms with Crippen LogP contribution in [0.5, 0.6) is 0 Å². The molecule has 0 aromatic carbocycles. The molecule has 1 unspecified atom stereocenters. The van der Waals surface area contributed by atoms with Crippen LogP contribution in [0.3, 0.4) is 0 Å². The fourth-order valence-electron chi connectivity index (χ4n) is 2.54. The number of rotatable bonds is 5. The van der Waals surface area contributed by atoms with E-state index in [4.69, 9.17) is 14.2 Å². The van der Waals surface area contributed by atoms with Gasteiger partial charge in [0.05, 0.1) is 6.61 Å². The topological polar surface area (TPSA) is 136 Å². The van der Waals surface area contributed by atoms with Crippen molar-refractivity contribution in [1.82, 2.24) is 0 Å². The molecule has 0 radical (unpaired) electrons. The van der Waals surface area contributed by atoms with Crippen molar-refractivity contribution in [3.63, 3.8) is 0 Å². The van der Waals surface area contributed by atoms with Crippen molar-refractivity contribution >= 4 is 23.5 Å². The number of carbonyl (C=O) groups excluding carboxylic acids is 4. The van der Waals surface area contributed by atoms with Crippen LogP contribution in [0.4, 0.5) is 0 Å². The van der Waals surface area contributed by atoms with Crippen LogP contribution in [-0.4, -0.2) is 63.9 Å². The Morgan fingerprint density at radius 1 is 1.00 bits per heavy atom. The van der Waals surface area contributed by atoms with Crippen LogP contribution in [-0.2, 0) is 33.4 Å². The lowest BCUT2D eigenvalue weighted by Crippen LogP contribution is -2.67. The van der Waals surface area contributed by atoms with E-state index in [1.54, 1.807) is 0 Å². The van der Waals surface area contributed by atoms with E-state index < -0.39 is 53.7 Å². The number of ketones is 2. The monoisotopic (exact) mass is 318 g/mol. The highest BCUT2D eigenvalue weighted by molar-refractivity contribution is 6.00. The van der Waals surface area contributed by atoms with Gasteiger partial charge in [0.25, 0.3) is 5.60 Å². The molecular weight excluding hydrogens is 300 g/mol. The first-order chi connectivity index (χ1) is 10.0. The summed E-state index contributed by atoms with van der Waals surface area (Å²) in [7, 11) is 0. The largest absolute Gasteiger partial charge is 0.441 e. The van der Waals surface area contributed by atoms with Crippen LogP contribution >= 0.6 is 0 Å². The van der Waals surface area contributed by atoms with Gasteiger partial charge in [-0.05, 0) is 6.92 Å². The van der Waals surface area contributed by atoms with Crippen LogP contribution in [0, 0.1) is 0 Å². The third-order valence-corrected chi connectivity index (χ3v) is 3.33. The molecule has 1 heterocycles. The zero-order valence-corrected chi connectivity index (χ0v) is 12.6. The Morgan fingerprint density at radius 3 is 1.82 bits per heavy atom. The predicted molar refractivity (Wildman–Crippen MR) is 68.3 cm³/mol. The quantitative estimate of drug-likeness (QED) is 0.579. The molecule has 0 saturated carbocycles. The van der Waals surface area contributed by atoms with Gasteiger partial charge < -0.3 is 24.4 Å². The maximum atomic E-state index is 12.1. The number of ether oxygens (including phenoxy) is 3. The van der Waals surface area contributed by atoms with Gasteiger partial charge >= 0.3 is 17.7 Å². The average Bonchev–Trinajstić information content (AvgIpc) is 2.61. The van der Waals surface area contributed by atoms with Crippen LogP contribution in [0.25, 0.3) is 0 Å². The molecule has 1 aliphatic rings. The number of aliphatic hydroxyl groups is 2. The molecule has 124 valence electrons. The summed E-state index contributed by atoms with van der Waals surface area (Å²) in [5.41, 5.74) is -2.59. The van der Waals surface area contributed by atoms with Crippen molar-refractivity contribution in [1.29, 1.82) is 0 Å². The molecule has 0 aromatic heterocycles. The number of hydrogen-bond acceptors (Lipinski definition) is 9. The fraction of sp³-hybridized carbons (Fsp3) is 0.692. The van der Waals surface area contributed by atoms with Gasteiger partial charge in [0.2, 0.25) is 5.78 Å². The Labute approximate surface area is 126 Å². The van der Waals surface area contributed by atoms with Crippen molar-refractivity contribution in [3.8, 4) is 0 Å². The lowest BCUT2D eigenvalue weighted by molar-refractivity contribution is -0.263. The van der Waals surface area contributed by atoms with Crippen molar-refractivity contribution in [3.05, 3.63) is 0 Å². The van der Waals surface area contributed by atoms with Crippen molar-refractivity contribution < 1.29 is 43.6 Å². The number of aliphatic hydroxyl groups excluding tert-OH is 2. The van der Waals surface area contributed by atoms with E-state index in [1.807, 2.05) is 0 Å². The summed E-state index contributed by atoms with van der Waals surface area (Å²) >= 11 is 0. The Morgan fingerprint density at radius 2 is 1.50 bits per heavy atom. The lowest BCUT2D eigenvalue weighted by Gasteiger charge is -2.39. The van der Waals surface area contributed by atoms with Gasteiger partial charge in [0, 0.05) is 20.8 Å². The van der Waals surface area contributed by atoms with Gasteiger partial charge in [-0.3, -0.25) is 19.2 Å². The molecule has 4 atom stereocenters. The first-order valence-corrected chi connectivity index (χ1v) is 6.43. The highest BCUT2D eigenvalue weighted by atomic mass is 16.8. The molecular formula is C13H18O9. The highest BCUT2D eigenvalue weighted by Gasteiger charge is 2.76. The molecule has 1 fully saturated rings. The Hall–Kier alpha value is -1.84. The summed E-state index contributed by atoms with van der Waals surface area (Å²) in [6, 6.07) is 0. The average molecular weight is 318 g/mol. The molecule has 22 heavy (non-hydrogen) atoms.